The van der Waals surface area contributed by atoms with E-state index in [1.165, 1.54) is 0 Å². The minimum atomic E-state index is -0.0164. The largest absolute Gasteiger partial charge is 0.461 e. The predicted molar refractivity (Wildman–Crippen MR) is 79.6 cm³/mol. The molecule has 0 spiro atoms. The molecular weight excluding hydrogens is 280 g/mol. The van der Waals surface area contributed by atoms with Gasteiger partial charge in [0.2, 0.25) is 11.2 Å². The van der Waals surface area contributed by atoms with Crippen LogP contribution in [-0.2, 0) is 4.74 Å². The van der Waals surface area contributed by atoms with E-state index in [1.54, 1.807) is 7.11 Å². The third-order valence-electron chi connectivity index (χ3n) is 2.83. The van der Waals surface area contributed by atoms with Crippen molar-refractivity contribution >= 4 is 17.5 Å². The lowest BCUT2D eigenvalue weighted by Gasteiger charge is -2.28. The summed E-state index contributed by atoms with van der Waals surface area (Å²) in [4.78, 5) is 14.6. The maximum Gasteiger partial charge on any atom is 0.322 e. The molecule has 0 fully saturated rings. The Bertz CT molecular complexity index is 417. The van der Waals surface area contributed by atoms with Gasteiger partial charge in [-0.1, -0.05) is 6.92 Å². The fourth-order valence-electron chi connectivity index (χ4n) is 1.64. The number of hydrogen-bond acceptors (Lipinski definition) is 6. The molecule has 1 rings (SSSR count). The molecule has 0 radical (unpaired) electrons. The Hall–Kier alpha value is -1.14. The summed E-state index contributed by atoms with van der Waals surface area (Å²) in [5.41, 5.74) is 0. The first-order valence-electron chi connectivity index (χ1n) is 6.81. The molecule has 0 saturated carbocycles. The van der Waals surface area contributed by atoms with Gasteiger partial charge in [0.1, 0.15) is 0 Å². The minimum absolute atomic E-state index is 0.0164. The van der Waals surface area contributed by atoms with Crippen LogP contribution in [0.25, 0.3) is 0 Å². The van der Waals surface area contributed by atoms with Gasteiger partial charge in [-0.2, -0.15) is 15.0 Å². The maximum absolute atomic E-state index is 5.96. The first-order valence-corrected chi connectivity index (χ1v) is 7.19. The van der Waals surface area contributed by atoms with Gasteiger partial charge in [0, 0.05) is 19.7 Å². The number of hydrogen-bond donors (Lipinski definition) is 0. The van der Waals surface area contributed by atoms with Crippen LogP contribution >= 0.6 is 11.6 Å². The van der Waals surface area contributed by atoms with Gasteiger partial charge in [0.15, 0.2) is 0 Å². The number of methoxy groups -OCH3 is 1. The molecule has 0 bridgehead atoms. The van der Waals surface area contributed by atoms with E-state index in [0.717, 1.165) is 6.42 Å². The van der Waals surface area contributed by atoms with Crippen LogP contribution in [0.4, 0.5) is 5.95 Å². The number of anilines is 1. The van der Waals surface area contributed by atoms with Crippen LogP contribution in [0.5, 0.6) is 6.01 Å². The standard InChI is InChI=1S/C13H23ClN4O2/c1-6-10(4)18(7-8-19-5)12-15-11(14)16-13(17-12)20-9(2)3/h9-10H,6-8H2,1-5H3. The summed E-state index contributed by atoms with van der Waals surface area (Å²) < 4.78 is 10.6. The predicted octanol–water partition coefficient (Wildman–Crippen LogP) is 2.56. The van der Waals surface area contributed by atoms with Crippen molar-refractivity contribution in [3.05, 3.63) is 5.28 Å². The van der Waals surface area contributed by atoms with Gasteiger partial charge in [0.25, 0.3) is 0 Å². The van der Waals surface area contributed by atoms with E-state index < -0.39 is 0 Å². The molecule has 1 unspecified atom stereocenters. The fourth-order valence-corrected chi connectivity index (χ4v) is 1.79. The number of rotatable bonds is 8. The van der Waals surface area contributed by atoms with Crippen molar-refractivity contribution in [1.82, 2.24) is 15.0 Å². The Morgan fingerprint density at radius 2 is 1.90 bits per heavy atom. The molecule has 0 amide bonds. The Morgan fingerprint density at radius 3 is 2.45 bits per heavy atom. The molecule has 1 aromatic heterocycles. The van der Waals surface area contributed by atoms with E-state index >= 15 is 0 Å². The van der Waals surface area contributed by atoms with Crippen molar-refractivity contribution in [2.24, 2.45) is 0 Å². The van der Waals surface area contributed by atoms with Crippen molar-refractivity contribution in [3.63, 3.8) is 0 Å². The quantitative estimate of drug-likeness (QED) is 0.735. The molecule has 0 saturated heterocycles. The smallest absolute Gasteiger partial charge is 0.322 e. The molecule has 114 valence electrons. The molecule has 1 atom stereocenters. The van der Waals surface area contributed by atoms with Crippen molar-refractivity contribution in [2.45, 2.75) is 46.3 Å². The lowest BCUT2D eigenvalue weighted by Crippen LogP contribution is -2.37. The van der Waals surface area contributed by atoms with Gasteiger partial charge in [-0.15, -0.1) is 0 Å². The highest BCUT2D eigenvalue weighted by atomic mass is 35.5. The zero-order valence-electron chi connectivity index (χ0n) is 12.8. The summed E-state index contributed by atoms with van der Waals surface area (Å²) in [6.07, 6.45) is 0.949. The van der Waals surface area contributed by atoms with Crippen LogP contribution in [0.15, 0.2) is 0 Å². The molecule has 0 aliphatic carbocycles. The molecule has 1 heterocycles. The fraction of sp³-hybridized carbons (Fsp3) is 0.769. The minimum Gasteiger partial charge on any atom is -0.461 e. The Balaban J connectivity index is 3.01. The highest BCUT2D eigenvalue weighted by Crippen LogP contribution is 2.19. The summed E-state index contributed by atoms with van der Waals surface area (Å²) in [6, 6.07) is 0.524. The second kappa shape index (κ2) is 8.21. The summed E-state index contributed by atoms with van der Waals surface area (Å²) in [6.45, 7) is 9.32. The van der Waals surface area contributed by atoms with Crippen molar-refractivity contribution < 1.29 is 9.47 Å². The lowest BCUT2D eigenvalue weighted by atomic mass is 10.2. The molecule has 20 heavy (non-hydrogen) atoms. The van der Waals surface area contributed by atoms with Gasteiger partial charge >= 0.3 is 6.01 Å². The van der Waals surface area contributed by atoms with E-state index in [1.807, 2.05) is 18.7 Å². The lowest BCUT2D eigenvalue weighted by molar-refractivity contribution is 0.202. The molecule has 6 nitrogen and oxygen atoms in total. The van der Waals surface area contributed by atoms with Crippen LogP contribution in [0.2, 0.25) is 5.28 Å². The number of aromatic nitrogens is 3. The molecule has 0 aliphatic heterocycles. The zero-order chi connectivity index (χ0) is 15.1. The highest BCUT2D eigenvalue weighted by molar-refractivity contribution is 6.28. The molecule has 0 aromatic carbocycles. The van der Waals surface area contributed by atoms with E-state index in [-0.39, 0.29) is 23.4 Å². The van der Waals surface area contributed by atoms with E-state index in [2.05, 4.69) is 28.8 Å². The van der Waals surface area contributed by atoms with Crippen LogP contribution in [-0.4, -0.2) is 47.4 Å². The average Bonchev–Trinajstić information content (AvgIpc) is 2.37. The monoisotopic (exact) mass is 302 g/mol. The van der Waals surface area contributed by atoms with Crippen molar-refractivity contribution in [3.8, 4) is 6.01 Å². The summed E-state index contributed by atoms with van der Waals surface area (Å²) >= 11 is 5.96. The summed E-state index contributed by atoms with van der Waals surface area (Å²) in [5, 5.41) is 0.136. The van der Waals surface area contributed by atoms with Crippen molar-refractivity contribution in [1.29, 1.82) is 0 Å². The maximum atomic E-state index is 5.96. The Kier molecular flexibility index (Phi) is 6.95. The van der Waals surface area contributed by atoms with E-state index in [9.17, 15) is 0 Å². The third-order valence-corrected chi connectivity index (χ3v) is 3.00. The Labute approximate surface area is 125 Å². The Morgan fingerprint density at radius 1 is 1.20 bits per heavy atom. The average molecular weight is 303 g/mol. The number of nitrogens with zero attached hydrogens (tertiary/aromatic N) is 4. The van der Waals surface area contributed by atoms with Crippen molar-refractivity contribution in [2.75, 3.05) is 25.2 Å². The van der Waals surface area contributed by atoms with Gasteiger partial charge in [-0.3, -0.25) is 0 Å². The highest BCUT2D eigenvalue weighted by Gasteiger charge is 2.18. The van der Waals surface area contributed by atoms with Gasteiger partial charge in [0.05, 0.1) is 12.7 Å². The summed E-state index contributed by atoms with van der Waals surface area (Å²) in [7, 11) is 1.67. The van der Waals surface area contributed by atoms with Gasteiger partial charge < -0.3 is 14.4 Å². The molecule has 7 heteroatoms. The van der Waals surface area contributed by atoms with E-state index in [0.29, 0.717) is 19.1 Å². The topological polar surface area (TPSA) is 60.4 Å². The molecule has 0 aliphatic rings. The third kappa shape index (κ3) is 5.09. The number of ether oxygens (including phenoxy) is 2. The normalized spacial score (nSPS) is 12.6. The first-order chi connectivity index (χ1) is 9.47. The molecular formula is C13H23ClN4O2. The van der Waals surface area contributed by atoms with Crippen LogP contribution in [0, 0.1) is 0 Å². The van der Waals surface area contributed by atoms with Gasteiger partial charge in [-0.05, 0) is 38.8 Å². The second-order valence-electron chi connectivity index (χ2n) is 4.80. The summed E-state index contributed by atoms with van der Waals surface area (Å²) in [5.74, 6) is 0.520. The van der Waals surface area contributed by atoms with Crippen LogP contribution in [0.1, 0.15) is 34.1 Å². The van der Waals surface area contributed by atoms with E-state index in [4.69, 9.17) is 21.1 Å². The molecule has 1 aromatic rings. The first kappa shape index (κ1) is 16.9. The van der Waals surface area contributed by atoms with Gasteiger partial charge in [-0.25, -0.2) is 0 Å². The van der Waals surface area contributed by atoms with Crippen LogP contribution in [0.3, 0.4) is 0 Å². The SMILES string of the molecule is CCC(C)N(CCOC)c1nc(Cl)nc(OC(C)C)n1. The molecule has 0 N–H and O–H groups in total. The van der Waals surface area contributed by atoms with Crippen LogP contribution < -0.4 is 9.64 Å². The zero-order valence-corrected chi connectivity index (χ0v) is 13.5. The number of halogens is 1. The second-order valence-corrected chi connectivity index (χ2v) is 5.14.